The lowest BCUT2D eigenvalue weighted by Gasteiger charge is -2.35. The Labute approximate surface area is 193 Å². The van der Waals surface area contributed by atoms with Crippen molar-refractivity contribution in [2.75, 3.05) is 30.0 Å². The highest BCUT2D eigenvalue weighted by atomic mass is 32.2. The van der Waals surface area contributed by atoms with Crippen molar-refractivity contribution < 1.29 is 8.78 Å². The SMILES string of the molecule is CN1CCc2sc(N3N=C(c4cc(F)ccc4F)SC3(CCCN)c3ccccc3)nc21. The first kappa shape index (κ1) is 21.4. The van der Waals surface area contributed by atoms with Gasteiger partial charge in [-0.15, -0.1) is 0 Å². The molecule has 0 bridgehead atoms. The number of nitrogens with two attached hydrogens (primary N) is 1. The topological polar surface area (TPSA) is 57.8 Å². The molecule has 0 spiro atoms. The molecular formula is C23H23F2N5S2. The van der Waals surface area contributed by atoms with Crippen molar-refractivity contribution in [3.63, 3.8) is 0 Å². The number of fused-ring (bicyclic) bond motifs is 1. The van der Waals surface area contributed by atoms with E-state index in [0.717, 1.165) is 48.0 Å². The predicted octanol–water partition coefficient (Wildman–Crippen LogP) is 4.92. The molecule has 0 aliphatic carbocycles. The van der Waals surface area contributed by atoms with Gasteiger partial charge in [0.25, 0.3) is 0 Å². The number of anilines is 2. The molecule has 2 aromatic carbocycles. The van der Waals surface area contributed by atoms with Crippen LogP contribution >= 0.6 is 23.1 Å². The molecule has 0 fully saturated rings. The smallest absolute Gasteiger partial charge is 0.210 e. The lowest BCUT2D eigenvalue weighted by Crippen LogP contribution is -2.38. The van der Waals surface area contributed by atoms with E-state index in [9.17, 15) is 8.78 Å². The Morgan fingerprint density at radius 2 is 1.97 bits per heavy atom. The maximum absolute atomic E-state index is 14.7. The molecule has 5 nitrogen and oxygen atoms in total. The fourth-order valence-corrected chi connectivity index (χ4v) is 6.75. The zero-order valence-electron chi connectivity index (χ0n) is 17.6. The second kappa shape index (κ2) is 8.46. The Morgan fingerprint density at radius 3 is 2.72 bits per heavy atom. The Balaban J connectivity index is 1.67. The van der Waals surface area contributed by atoms with E-state index in [-0.39, 0.29) is 5.56 Å². The van der Waals surface area contributed by atoms with Crippen molar-refractivity contribution in [3.05, 3.63) is 76.2 Å². The van der Waals surface area contributed by atoms with Gasteiger partial charge < -0.3 is 10.6 Å². The average Bonchev–Trinajstić information content (AvgIpc) is 3.49. The number of hydrazone groups is 1. The van der Waals surface area contributed by atoms with E-state index in [1.165, 1.54) is 22.7 Å². The molecule has 9 heteroatoms. The molecule has 1 atom stereocenters. The Bertz CT molecular complexity index is 1170. The lowest BCUT2D eigenvalue weighted by molar-refractivity contribution is 0.526. The quantitative estimate of drug-likeness (QED) is 0.553. The summed E-state index contributed by atoms with van der Waals surface area (Å²) in [6, 6.07) is 13.5. The van der Waals surface area contributed by atoms with Gasteiger partial charge in [-0.3, -0.25) is 0 Å². The molecule has 0 saturated carbocycles. The van der Waals surface area contributed by atoms with Gasteiger partial charge in [-0.05, 0) is 43.1 Å². The molecule has 3 heterocycles. The minimum atomic E-state index is -0.654. The summed E-state index contributed by atoms with van der Waals surface area (Å²) in [7, 11) is 2.03. The number of halogens is 2. The van der Waals surface area contributed by atoms with Crippen LogP contribution in [0.25, 0.3) is 0 Å². The third-order valence-corrected chi connectivity index (χ3v) is 8.31. The molecule has 0 amide bonds. The highest BCUT2D eigenvalue weighted by Crippen LogP contribution is 2.53. The zero-order valence-corrected chi connectivity index (χ0v) is 19.2. The third kappa shape index (κ3) is 3.58. The predicted molar refractivity (Wildman–Crippen MR) is 128 cm³/mol. The standard InChI is InChI=1S/C23H23F2N5S2/c1-29-13-10-19-20(29)27-22(31-19)30-23(11-5-12-26,15-6-3-2-4-7-15)32-21(28-30)17-14-16(24)8-9-18(17)25/h2-4,6-9,14H,5,10-13,26H2,1H3. The van der Waals surface area contributed by atoms with Gasteiger partial charge in [-0.2, -0.15) is 5.10 Å². The largest absolute Gasteiger partial charge is 0.358 e. The summed E-state index contributed by atoms with van der Waals surface area (Å²) in [6.45, 7) is 1.47. The van der Waals surface area contributed by atoms with Crippen LogP contribution in [0.3, 0.4) is 0 Å². The summed E-state index contributed by atoms with van der Waals surface area (Å²) in [5.41, 5.74) is 7.08. The molecule has 166 valence electrons. The number of rotatable bonds is 6. The Hall–Kier alpha value is -2.49. The first-order chi connectivity index (χ1) is 15.5. The van der Waals surface area contributed by atoms with Crippen molar-refractivity contribution in [1.82, 2.24) is 4.98 Å². The number of aromatic nitrogens is 1. The number of hydrogen-bond donors (Lipinski definition) is 1. The van der Waals surface area contributed by atoms with Gasteiger partial charge in [0.15, 0.2) is 0 Å². The summed E-state index contributed by atoms with van der Waals surface area (Å²) >= 11 is 3.05. The first-order valence-corrected chi connectivity index (χ1v) is 12.1. The van der Waals surface area contributed by atoms with E-state index < -0.39 is 16.5 Å². The maximum atomic E-state index is 14.7. The molecule has 0 radical (unpaired) electrons. The second-order valence-electron chi connectivity index (χ2n) is 7.90. The average molecular weight is 472 g/mol. The van der Waals surface area contributed by atoms with Crippen molar-refractivity contribution in [2.24, 2.45) is 10.8 Å². The number of benzene rings is 2. The molecule has 2 aliphatic heterocycles. The maximum Gasteiger partial charge on any atom is 0.210 e. The van der Waals surface area contributed by atoms with Gasteiger partial charge in [0.1, 0.15) is 27.4 Å². The van der Waals surface area contributed by atoms with Crippen molar-refractivity contribution in [3.8, 4) is 0 Å². The van der Waals surface area contributed by atoms with Gasteiger partial charge in [0.05, 0.1) is 4.88 Å². The zero-order chi connectivity index (χ0) is 22.3. The monoisotopic (exact) mass is 471 g/mol. The molecule has 2 aliphatic rings. The first-order valence-electron chi connectivity index (χ1n) is 10.5. The fourth-order valence-electron chi connectivity index (χ4n) is 4.14. The van der Waals surface area contributed by atoms with Crippen molar-refractivity contribution in [2.45, 2.75) is 24.1 Å². The molecule has 2 N–H and O–H groups in total. The van der Waals surface area contributed by atoms with Crippen LogP contribution in [0.1, 0.15) is 28.8 Å². The second-order valence-corrected chi connectivity index (χ2v) is 10.2. The number of thiazole rings is 1. The van der Waals surface area contributed by atoms with Gasteiger partial charge >= 0.3 is 0 Å². The summed E-state index contributed by atoms with van der Waals surface area (Å²) in [5.74, 6) is -0.0247. The van der Waals surface area contributed by atoms with Gasteiger partial charge in [0, 0.05) is 25.6 Å². The third-order valence-electron chi connectivity index (χ3n) is 5.78. The van der Waals surface area contributed by atoms with E-state index in [2.05, 4.69) is 4.90 Å². The lowest BCUT2D eigenvalue weighted by atomic mass is 10.0. The number of hydrogen-bond acceptors (Lipinski definition) is 7. The number of likely N-dealkylation sites (N-methyl/N-ethyl adjacent to an activating group) is 1. The molecule has 1 unspecified atom stereocenters. The van der Waals surface area contributed by atoms with Crippen LogP contribution in [0.5, 0.6) is 0 Å². The normalized spacial score (nSPS) is 20.1. The van der Waals surface area contributed by atoms with E-state index in [1.807, 2.05) is 42.4 Å². The van der Waals surface area contributed by atoms with Crippen LogP contribution in [0.2, 0.25) is 0 Å². The number of nitrogens with zero attached hydrogens (tertiary/aromatic N) is 4. The van der Waals surface area contributed by atoms with Crippen molar-refractivity contribution in [1.29, 1.82) is 0 Å². The van der Waals surface area contributed by atoms with Crippen LogP contribution in [-0.4, -0.2) is 30.2 Å². The Morgan fingerprint density at radius 1 is 1.16 bits per heavy atom. The van der Waals surface area contributed by atoms with Crippen molar-refractivity contribution >= 4 is 39.1 Å². The molecule has 5 rings (SSSR count). The van der Waals surface area contributed by atoms with E-state index in [4.69, 9.17) is 15.8 Å². The molecule has 3 aromatic rings. The van der Waals surface area contributed by atoms with E-state index in [0.29, 0.717) is 18.0 Å². The number of thioether (sulfide) groups is 1. The highest BCUT2D eigenvalue weighted by molar-refractivity contribution is 8.15. The molecular weight excluding hydrogens is 448 g/mol. The fraction of sp³-hybridized carbons (Fsp3) is 0.304. The van der Waals surface area contributed by atoms with Crippen LogP contribution in [-0.2, 0) is 11.3 Å². The summed E-state index contributed by atoms with van der Waals surface area (Å²) in [5, 5.41) is 7.94. The van der Waals surface area contributed by atoms with Crippen LogP contribution in [0, 0.1) is 11.6 Å². The van der Waals surface area contributed by atoms with Gasteiger partial charge in [-0.25, -0.2) is 18.8 Å². The summed E-state index contributed by atoms with van der Waals surface area (Å²) in [6.07, 6.45) is 2.38. The van der Waals surface area contributed by atoms with Crippen LogP contribution in [0.4, 0.5) is 19.7 Å². The van der Waals surface area contributed by atoms with Crippen LogP contribution < -0.4 is 15.6 Å². The molecule has 1 aromatic heterocycles. The summed E-state index contributed by atoms with van der Waals surface area (Å²) < 4.78 is 28.7. The molecule has 32 heavy (non-hydrogen) atoms. The Kier molecular flexibility index (Phi) is 5.65. The van der Waals surface area contributed by atoms with E-state index >= 15 is 0 Å². The highest BCUT2D eigenvalue weighted by Gasteiger charge is 2.48. The molecule has 0 saturated heterocycles. The van der Waals surface area contributed by atoms with Crippen LogP contribution in [0.15, 0.2) is 53.6 Å². The minimum Gasteiger partial charge on any atom is -0.358 e. The van der Waals surface area contributed by atoms with Gasteiger partial charge in [-0.1, -0.05) is 53.4 Å². The van der Waals surface area contributed by atoms with E-state index in [1.54, 1.807) is 11.3 Å². The minimum absolute atomic E-state index is 0.159. The van der Waals surface area contributed by atoms with Gasteiger partial charge in [0.2, 0.25) is 5.13 Å². The summed E-state index contributed by atoms with van der Waals surface area (Å²) in [4.78, 5) is 7.60.